The number of fused-ring (bicyclic) bond motifs is 1. The molecule has 0 fully saturated rings. The fourth-order valence-corrected chi connectivity index (χ4v) is 2.35. The maximum atomic E-state index is 13.0. The van der Waals surface area contributed by atoms with Gasteiger partial charge in [-0.2, -0.15) is 0 Å². The Morgan fingerprint density at radius 2 is 2.11 bits per heavy atom. The Balaban J connectivity index is 2.00. The number of rotatable bonds is 2. The van der Waals surface area contributed by atoms with E-state index in [9.17, 15) is 9.18 Å². The Morgan fingerprint density at radius 1 is 1.37 bits per heavy atom. The maximum Gasteiger partial charge on any atom is 0.321 e. The molecule has 5 nitrogen and oxygen atoms in total. The number of hydrogen-bond donors (Lipinski definition) is 3. The van der Waals surface area contributed by atoms with Crippen molar-refractivity contribution in [1.29, 1.82) is 0 Å². The monoisotopic (exact) mass is 261 g/mol. The van der Waals surface area contributed by atoms with Crippen molar-refractivity contribution < 1.29 is 14.3 Å². The Hall–Kier alpha value is -2.21. The highest BCUT2D eigenvalue weighted by molar-refractivity contribution is 5.74. The van der Waals surface area contributed by atoms with Crippen LogP contribution in [0.2, 0.25) is 0 Å². The molecule has 0 bridgehead atoms. The first-order valence-electron chi connectivity index (χ1n) is 5.91. The maximum absolute atomic E-state index is 13.0. The van der Waals surface area contributed by atoms with Crippen LogP contribution in [-0.2, 0) is 11.2 Å². The normalized spacial score (nSPS) is 21.9. The lowest BCUT2D eigenvalue weighted by atomic mass is 9.94. The molecular weight excluding hydrogens is 249 g/mol. The van der Waals surface area contributed by atoms with Gasteiger partial charge in [0.05, 0.1) is 18.1 Å². The average Bonchev–Trinajstić information content (AvgIpc) is 2.86. The second kappa shape index (κ2) is 4.47. The minimum atomic E-state index is -0.910. The van der Waals surface area contributed by atoms with Crippen LogP contribution >= 0.6 is 0 Å². The summed E-state index contributed by atoms with van der Waals surface area (Å²) in [6, 6.07) is 4.96. The van der Waals surface area contributed by atoms with Gasteiger partial charge in [0.25, 0.3) is 0 Å². The van der Waals surface area contributed by atoms with E-state index < -0.39 is 12.0 Å². The fraction of sp³-hybridized carbons (Fsp3) is 0.231. The fourth-order valence-electron chi connectivity index (χ4n) is 2.35. The van der Waals surface area contributed by atoms with Crippen LogP contribution in [0.15, 0.2) is 30.6 Å². The highest BCUT2D eigenvalue weighted by Crippen LogP contribution is 2.28. The summed E-state index contributed by atoms with van der Waals surface area (Å²) in [5, 5.41) is 12.2. The van der Waals surface area contributed by atoms with Crippen LogP contribution < -0.4 is 5.32 Å². The molecular formula is C13H12FN3O2. The first kappa shape index (κ1) is 11.9. The van der Waals surface area contributed by atoms with E-state index in [4.69, 9.17) is 5.11 Å². The lowest BCUT2D eigenvalue weighted by Crippen LogP contribution is -2.45. The predicted octanol–water partition coefficient (Wildman–Crippen LogP) is 1.24. The molecule has 0 spiro atoms. The van der Waals surface area contributed by atoms with Gasteiger partial charge in [-0.25, -0.2) is 9.37 Å². The Bertz CT molecular complexity index is 609. The van der Waals surface area contributed by atoms with E-state index in [1.165, 1.54) is 12.1 Å². The molecule has 0 aliphatic carbocycles. The van der Waals surface area contributed by atoms with E-state index in [1.807, 2.05) is 0 Å². The zero-order chi connectivity index (χ0) is 13.4. The quantitative estimate of drug-likeness (QED) is 0.760. The van der Waals surface area contributed by atoms with Crippen molar-refractivity contribution in [3.05, 3.63) is 53.4 Å². The zero-order valence-electron chi connectivity index (χ0n) is 9.93. The number of aliphatic carboxylic acids is 1. The summed E-state index contributed by atoms with van der Waals surface area (Å²) < 4.78 is 13.0. The average molecular weight is 261 g/mol. The molecule has 0 radical (unpaired) electrons. The number of carboxylic acid groups (broad SMARTS) is 1. The lowest BCUT2D eigenvalue weighted by molar-refractivity contribution is -0.139. The van der Waals surface area contributed by atoms with Gasteiger partial charge in [0.15, 0.2) is 0 Å². The summed E-state index contributed by atoms with van der Waals surface area (Å²) in [5.74, 6) is -1.23. The van der Waals surface area contributed by atoms with Crippen molar-refractivity contribution >= 4 is 5.97 Å². The van der Waals surface area contributed by atoms with E-state index in [-0.39, 0.29) is 11.9 Å². The van der Waals surface area contributed by atoms with Crippen LogP contribution in [0.4, 0.5) is 4.39 Å². The number of hydrogen-bond acceptors (Lipinski definition) is 3. The van der Waals surface area contributed by atoms with Gasteiger partial charge in [0, 0.05) is 12.1 Å². The van der Waals surface area contributed by atoms with Crippen LogP contribution in [0.25, 0.3) is 0 Å². The molecule has 0 saturated heterocycles. The topological polar surface area (TPSA) is 78.0 Å². The van der Waals surface area contributed by atoms with Gasteiger partial charge < -0.3 is 10.1 Å². The first-order chi connectivity index (χ1) is 9.15. The number of aromatic nitrogens is 2. The first-order valence-corrected chi connectivity index (χ1v) is 5.91. The van der Waals surface area contributed by atoms with Crippen LogP contribution in [0.1, 0.15) is 23.0 Å². The standard InChI is InChI=1S/C13H12FN3O2/c14-8-3-1-7(2-4-8)11-12-9(15-6-16-12)5-10(17-11)13(18)19/h1-4,6,10-11,17H,5H2,(H,15,16)(H,18,19)/t10-,11?/m0/s1. The second-order valence-electron chi connectivity index (χ2n) is 4.51. The SMILES string of the molecule is O=C(O)[C@@H]1Cc2[nH]cnc2C(c2ccc(F)cc2)N1. The summed E-state index contributed by atoms with van der Waals surface area (Å²) in [4.78, 5) is 18.4. The molecule has 1 aromatic heterocycles. The summed E-state index contributed by atoms with van der Waals surface area (Å²) in [6.07, 6.45) is 1.91. The number of halogens is 1. The summed E-state index contributed by atoms with van der Waals surface area (Å²) in [7, 11) is 0. The molecule has 1 unspecified atom stereocenters. The number of carboxylic acids is 1. The van der Waals surface area contributed by atoms with E-state index in [1.54, 1.807) is 18.5 Å². The van der Waals surface area contributed by atoms with Crippen LogP contribution in [0, 0.1) is 5.82 Å². The molecule has 0 saturated carbocycles. The van der Waals surface area contributed by atoms with E-state index in [0.717, 1.165) is 17.0 Å². The van der Waals surface area contributed by atoms with Crippen LogP contribution in [-0.4, -0.2) is 27.1 Å². The molecule has 98 valence electrons. The smallest absolute Gasteiger partial charge is 0.321 e. The summed E-state index contributed by atoms with van der Waals surface area (Å²) in [6.45, 7) is 0. The zero-order valence-corrected chi connectivity index (χ0v) is 9.93. The molecule has 1 aliphatic heterocycles. The Morgan fingerprint density at radius 3 is 2.79 bits per heavy atom. The molecule has 2 aromatic rings. The minimum Gasteiger partial charge on any atom is -0.480 e. The summed E-state index contributed by atoms with van der Waals surface area (Å²) in [5.41, 5.74) is 2.37. The van der Waals surface area contributed by atoms with E-state index in [2.05, 4.69) is 15.3 Å². The van der Waals surface area contributed by atoms with Gasteiger partial charge >= 0.3 is 5.97 Å². The Labute approximate surface area is 108 Å². The third kappa shape index (κ3) is 2.10. The molecule has 2 atom stereocenters. The molecule has 3 N–H and O–H groups in total. The molecule has 3 rings (SSSR count). The molecule has 6 heteroatoms. The highest BCUT2D eigenvalue weighted by atomic mass is 19.1. The number of aromatic amines is 1. The van der Waals surface area contributed by atoms with Crippen LogP contribution in [0.3, 0.4) is 0 Å². The van der Waals surface area contributed by atoms with Crippen molar-refractivity contribution in [1.82, 2.24) is 15.3 Å². The third-order valence-electron chi connectivity index (χ3n) is 3.30. The van der Waals surface area contributed by atoms with Gasteiger partial charge in [-0.05, 0) is 17.7 Å². The van der Waals surface area contributed by atoms with Gasteiger partial charge in [-0.3, -0.25) is 10.1 Å². The second-order valence-corrected chi connectivity index (χ2v) is 4.51. The molecule has 1 aliphatic rings. The predicted molar refractivity (Wildman–Crippen MR) is 65.1 cm³/mol. The number of imidazole rings is 1. The largest absolute Gasteiger partial charge is 0.480 e. The van der Waals surface area contributed by atoms with Gasteiger partial charge in [0.1, 0.15) is 11.9 Å². The van der Waals surface area contributed by atoms with Gasteiger partial charge in [-0.15, -0.1) is 0 Å². The molecule has 2 heterocycles. The van der Waals surface area contributed by atoms with Crippen molar-refractivity contribution in [3.8, 4) is 0 Å². The number of nitrogens with zero attached hydrogens (tertiary/aromatic N) is 1. The van der Waals surface area contributed by atoms with Crippen molar-refractivity contribution in [2.75, 3.05) is 0 Å². The van der Waals surface area contributed by atoms with Gasteiger partial charge in [0.2, 0.25) is 0 Å². The van der Waals surface area contributed by atoms with E-state index >= 15 is 0 Å². The number of nitrogens with one attached hydrogen (secondary N) is 2. The number of benzene rings is 1. The number of H-pyrrole nitrogens is 1. The third-order valence-corrected chi connectivity index (χ3v) is 3.30. The summed E-state index contributed by atoms with van der Waals surface area (Å²) >= 11 is 0. The van der Waals surface area contributed by atoms with Crippen molar-refractivity contribution in [2.24, 2.45) is 0 Å². The molecule has 0 amide bonds. The molecule has 19 heavy (non-hydrogen) atoms. The van der Waals surface area contributed by atoms with Gasteiger partial charge in [-0.1, -0.05) is 12.1 Å². The number of carbonyl (C=O) groups is 1. The van der Waals surface area contributed by atoms with Crippen LogP contribution in [0.5, 0.6) is 0 Å². The van der Waals surface area contributed by atoms with E-state index in [0.29, 0.717) is 6.42 Å². The van der Waals surface area contributed by atoms with Crippen molar-refractivity contribution in [2.45, 2.75) is 18.5 Å². The molecule has 1 aromatic carbocycles. The minimum absolute atomic E-state index is 0.323. The lowest BCUT2D eigenvalue weighted by Gasteiger charge is -2.28. The Kier molecular flexibility index (Phi) is 2.79. The highest BCUT2D eigenvalue weighted by Gasteiger charge is 2.32. The van der Waals surface area contributed by atoms with Crippen molar-refractivity contribution in [3.63, 3.8) is 0 Å².